The third-order valence-electron chi connectivity index (χ3n) is 2.95. The quantitative estimate of drug-likeness (QED) is 0.715. The molecule has 100 valence electrons. The smallest absolute Gasteiger partial charge is 0.0479 e. The van der Waals surface area contributed by atoms with E-state index in [0.29, 0.717) is 0 Å². The van der Waals surface area contributed by atoms with Crippen molar-refractivity contribution in [3.63, 3.8) is 0 Å². The van der Waals surface area contributed by atoms with Crippen molar-refractivity contribution in [2.75, 3.05) is 13.7 Å². The molecule has 0 N–H and O–H groups in total. The van der Waals surface area contributed by atoms with Crippen LogP contribution in [0.25, 0.3) is 12.2 Å². The first kappa shape index (κ1) is 13.9. The summed E-state index contributed by atoms with van der Waals surface area (Å²) in [6.45, 7) is 1.74. The lowest BCUT2D eigenvalue weighted by molar-refractivity contribution is 0.190. The summed E-state index contributed by atoms with van der Waals surface area (Å²) in [7, 11) is 1.73. The molecule has 3 heteroatoms. The molecule has 1 heterocycles. The largest absolute Gasteiger partial charge is 0.385 e. The number of ether oxygens (including phenoxy) is 1. The molecule has 2 nitrogen and oxygen atoms in total. The molecule has 0 saturated heterocycles. The van der Waals surface area contributed by atoms with E-state index in [1.807, 2.05) is 30.3 Å². The second kappa shape index (κ2) is 7.17. The molecular weight excluding hydrogens is 258 g/mol. The third kappa shape index (κ3) is 3.98. The fraction of sp³-hybridized carbons (Fsp3) is 0.250. The van der Waals surface area contributed by atoms with E-state index in [0.717, 1.165) is 30.2 Å². The molecule has 1 aromatic carbocycles. The number of rotatable bonds is 6. The molecule has 0 spiro atoms. The van der Waals surface area contributed by atoms with E-state index in [1.54, 1.807) is 7.11 Å². The van der Waals surface area contributed by atoms with Crippen molar-refractivity contribution in [2.45, 2.75) is 13.0 Å². The number of benzene rings is 1. The minimum Gasteiger partial charge on any atom is -0.385 e. The molecule has 1 aromatic heterocycles. The maximum Gasteiger partial charge on any atom is 0.0479 e. The lowest BCUT2D eigenvalue weighted by Gasteiger charge is -2.06. The summed E-state index contributed by atoms with van der Waals surface area (Å²) in [5, 5.41) is 0.774. The molecule has 0 radical (unpaired) electrons. The Kier molecular flexibility index (Phi) is 5.25. The van der Waals surface area contributed by atoms with Gasteiger partial charge in [0.2, 0.25) is 0 Å². The van der Waals surface area contributed by atoms with E-state index < -0.39 is 0 Å². The summed E-state index contributed by atoms with van der Waals surface area (Å²) >= 11 is 6.13. The molecule has 0 unspecified atom stereocenters. The Balaban J connectivity index is 2.07. The van der Waals surface area contributed by atoms with Crippen molar-refractivity contribution in [1.29, 1.82) is 0 Å². The summed E-state index contributed by atoms with van der Waals surface area (Å²) in [4.78, 5) is 0. The Bertz CT molecular complexity index is 545. The number of hydrogen-bond acceptors (Lipinski definition) is 1. The van der Waals surface area contributed by atoms with Crippen molar-refractivity contribution >= 4 is 23.8 Å². The number of hydrogen-bond donors (Lipinski definition) is 0. The van der Waals surface area contributed by atoms with Gasteiger partial charge in [-0.25, -0.2) is 0 Å². The number of aromatic nitrogens is 1. The molecule has 2 aromatic rings. The van der Waals surface area contributed by atoms with Gasteiger partial charge in [0.25, 0.3) is 0 Å². The zero-order valence-electron chi connectivity index (χ0n) is 11.1. The Morgan fingerprint density at radius 2 is 2.00 bits per heavy atom. The van der Waals surface area contributed by atoms with Crippen LogP contribution in [0.4, 0.5) is 0 Å². The predicted octanol–water partition coefficient (Wildman–Crippen LogP) is 4.35. The zero-order chi connectivity index (χ0) is 13.5. The molecule has 0 aliphatic rings. The third-order valence-corrected chi connectivity index (χ3v) is 3.30. The Labute approximate surface area is 119 Å². The van der Waals surface area contributed by atoms with Crippen LogP contribution in [0.2, 0.25) is 5.02 Å². The minimum absolute atomic E-state index is 0.774. The molecule has 0 amide bonds. The highest BCUT2D eigenvalue weighted by atomic mass is 35.5. The van der Waals surface area contributed by atoms with Crippen molar-refractivity contribution in [1.82, 2.24) is 4.57 Å². The maximum absolute atomic E-state index is 6.13. The first-order valence-electron chi connectivity index (χ1n) is 6.38. The van der Waals surface area contributed by atoms with Crippen LogP contribution in [-0.2, 0) is 11.3 Å². The highest BCUT2D eigenvalue weighted by molar-refractivity contribution is 6.32. The van der Waals surface area contributed by atoms with Crippen LogP contribution in [0.15, 0.2) is 42.6 Å². The molecule has 2 rings (SSSR count). The van der Waals surface area contributed by atoms with Gasteiger partial charge in [-0.3, -0.25) is 0 Å². The normalized spacial score (nSPS) is 11.3. The molecule has 0 aliphatic carbocycles. The van der Waals surface area contributed by atoms with E-state index in [9.17, 15) is 0 Å². The standard InChI is InChI=1S/C16H18ClNO/c1-19-13-5-12-18-11-4-7-15(18)10-9-14-6-2-3-8-16(14)17/h2-4,6-11H,5,12-13H2,1H3/b10-9+. The SMILES string of the molecule is COCCCn1cccc1/C=C/c1ccccc1Cl. The van der Waals surface area contributed by atoms with Crippen LogP contribution < -0.4 is 0 Å². The monoisotopic (exact) mass is 275 g/mol. The summed E-state index contributed by atoms with van der Waals surface area (Å²) in [6.07, 6.45) is 7.23. The van der Waals surface area contributed by atoms with Crippen LogP contribution in [0, 0.1) is 0 Å². The van der Waals surface area contributed by atoms with Gasteiger partial charge < -0.3 is 9.30 Å². The fourth-order valence-electron chi connectivity index (χ4n) is 1.95. The van der Waals surface area contributed by atoms with Crippen LogP contribution in [0.3, 0.4) is 0 Å². The number of aryl methyl sites for hydroxylation is 1. The van der Waals surface area contributed by atoms with Gasteiger partial charge in [0.05, 0.1) is 0 Å². The van der Waals surface area contributed by atoms with Gasteiger partial charge in [-0.05, 0) is 36.3 Å². The van der Waals surface area contributed by atoms with E-state index in [4.69, 9.17) is 16.3 Å². The highest BCUT2D eigenvalue weighted by Crippen LogP contribution is 2.18. The van der Waals surface area contributed by atoms with Gasteiger partial charge in [-0.1, -0.05) is 35.9 Å². The average molecular weight is 276 g/mol. The number of halogens is 1. The van der Waals surface area contributed by atoms with Crippen LogP contribution in [0.5, 0.6) is 0 Å². The summed E-state index contributed by atoms with van der Waals surface area (Å²) in [5.74, 6) is 0. The van der Waals surface area contributed by atoms with E-state index in [1.165, 1.54) is 5.69 Å². The number of nitrogens with zero attached hydrogens (tertiary/aromatic N) is 1. The first-order chi connectivity index (χ1) is 9.31. The molecule has 0 fully saturated rings. The van der Waals surface area contributed by atoms with Crippen molar-refractivity contribution in [3.05, 3.63) is 58.9 Å². The Morgan fingerprint density at radius 1 is 1.16 bits per heavy atom. The van der Waals surface area contributed by atoms with Gasteiger partial charge in [-0.15, -0.1) is 0 Å². The van der Waals surface area contributed by atoms with Crippen molar-refractivity contribution in [3.8, 4) is 0 Å². The summed E-state index contributed by atoms with van der Waals surface area (Å²) in [5.41, 5.74) is 2.21. The van der Waals surface area contributed by atoms with E-state index in [-0.39, 0.29) is 0 Å². The predicted molar refractivity (Wildman–Crippen MR) is 81.3 cm³/mol. The van der Waals surface area contributed by atoms with Gasteiger partial charge in [0, 0.05) is 37.2 Å². The summed E-state index contributed by atoms with van der Waals surface area (Å²) < 4.78 is 7.29. The number of methoxy groups -OCH3 is 1. The molecule has 0 bridgehead atoms. The zero-order valence-corrected chi connectivity index (χ0v) is 11.8. The first-order valence-corrected chi connectivity index (χ1v) is 6.76. The minimum atomic E-state index is 0.774. The van der Waals surface area contributed by atoms with Gasteiger partial charge >= 0.3 is 0 Å². The van der Waals surface area contributed by atoms with Crippen LogP contribution in [-0.4, -0.2) is 18.3 Å². The highest BCUT2D eigenvalue weighted by Gasteiger charge is 1.98. The Hall–Kier alpha value is -1.51. The fourth-order valence-corrected chi connectivity index (χ4v) is 2.15. The molecule has 0 saturated carbocycles. The molecule has 19 heavy (non-hydrogen) atoms. The molecular formula is C16H18ClNO. The van der Waals surface area contributed by atoms with Gasteiger partial charge in [0.15, 0.2) is 0 Å². The average Bonchev–Trinajstić information content (AvgIpc) is 2.86. The topological polar surface area (TPSA) is 14.2 Å². The van der Waals surface area contributed by atoms with Crippen LogP contribution in [0.1, 0.15) is 17.7 Å². The maximum atomic E-state index is 6.13. The second-order valence-corrected chi connectivity index (χ2v) is 4.73. The van der Waals surface area contributed by atoms with Gasteiger partial charge in [0.1, 0.15) is 0 Å². The van der Waals surface area contributed by atoms with Crippen molar-refractivity contribution in [2.24, 2.45) is 0 Å². The second-order valence-electron chi connectivity index (χ2n) is 4.33. The van der Waals surface area contributed by atoms with E-state index in [2.05, 4.69) is 29.0 Å². The lowest BCUT2D eigenvalue weighted by atomic mass is 10.2. The van der Waals surface area contributed by atoms with Crippen molar-refractivity contribution < 1.29 is 4.74 Å². The van der Waals surface area contributed by atoms with E-state index >= 15 is 0 Å². The molecule has 0 aliphatic heterocycles. The molecule has 0 atom stereocenters. The van der Waals surface area contributed by atoms with Gasteiger partial charge in [-0.2, -0.15) is 0 Å². The lowest BCUT2D eigenvalue weighted by Crippen LogP contribution is -2.01. The Morgan fingerprint density at radius 3 is 2.79 bits per heavy atom. The summed E-state index contributed by atoms with van der Waals surface area (Å²) in [6, 6.07) is 12.0. The van der Waals surface area contributed by atoms with Crippen LogP contribution >= 0.6 is 11.6 Å².